The topological polar surface area (TPSA) is 16.1 Å². The van der Waals surface area contributed by atoms with E-state index in [4.69, 9.17) is 0 Å². The molecule has 0 saturated heterocycles. The molecule has 5 aromatic rings. The number of anilines is 2. The molecule has 0 fully saturated rings. The summed E-state index contributed by atoms with van der Waals surface area (Å²) < 4.78 is 0. The fraction of sp³-hybridized carbons (Fsp3) is 0.169. The van der Waals surface area contributed by atoms with E-state index in [1.165, 1.54) is 45.4 Å². The SMILES string of the molecule is C=C/C(=C\C=C/C)c1ccc(N(C(=C)/C=C\C=C/C)c2ccc(C3=CC=C(c4ccc(C)cc4)C3)cc2)cc1.C=CCCC.C=CCc1ccc(C)cc1.Cc1ccccn1. The average molecular weight is 803 g/mol. The maximum atomic E-state index is 4.39. The molecule has 2 nitrogen and oxygen atoms in total. The Morgan fingerprint density at radius 1 is 0.656 bits per heavy atom. The van der Waals surface area contributed by atoms with Crippen molar-refractivity contribution in [3.8, 4) is 0 Å². The number of nitrogens with zero attached hydrogens (tertiary/aromatic N) is 2. The van der Waals surface area contributed by atoms with Crippen molar-refractivity contribution in [1.82, 2.24) is 4.98 Å². The Labute approximate surface area is 369 Å². The lowest BCUT2D eigenvalue weighted by molar-refractivity contribution is 0.961. The van der Waals surface area contributed by atoms with Crippen LogP contribution in [-0.2, 0) is 6.42 Å². The maximum Gasteiger partial charge on any atom is 0.0461 e. The smallest absolute Gasteiger partial charge is 0.0461 e. The Balaban J connectivity index is 0.000000363. The van der Waals surface area contributed by atoms with Crippen molar-refractivity contribution in [3.63, 3.8) is 0 Å². The summed E-state index contributed by atoms with van der Waals surface area (Å²) in [5.41, 5.74) is 15.5. The van der Waals surface area contributed by atoms with Crippen LogP contribution >= 0.6 is 0 Å². The molecule has 0 saturated carbocycles. The number of unbranched alkanes of at least 4 members (excludes halogenated alkanes) is 1. The highest BCUT2D eigenvalue weighted by molar-refractivity contribution is 5.87. The van der Waals surface area contributed by atoms with E-state index >= 15 is 0 Å². The molecule has 0 N–H and O–H groups in total. The van der Waals surface area contributed by atoms with Crippen LogP contribution in [-0.4, -0.2) is 4.98 Å². The van der Waals surface area contributed by atoms with Gasteiger partial charge < -0.3 is 4.90 Å². The highest BCUT2D eigenvalue weighted by Crippen LogP contribution is 2.36. The molecule has 0 bridgehead atoms. The minimum absolute atomic E-state index is 0.894. The van der Waals surface area contributed by atoms with Gasteiger partial charge in [-0.05, 0) is 135 Å². The molecular weight excluding hydrogens is 737 g/mol. The Kier molecular flexibility index (Phi) is 22.2. The standard InChI is InChI=1S/C38H37N.C10H12.C6H7N.C5H10/c1-6-9-11-12-30(5)39(37-24-20-32(21-25-37)31(8-3)13-10-7-2)38-26-22-34(23-27-38)36-19-18-35(28-36)33-16-14-29(4)15-17-33;1-3-4-10-7-5-9(2)6-8-10;1-6-4-2-3-5-7-6;1-3-5-4-2/h6-27H,3,5,28H2,1-2,4H3;3,5-8H,1,4H2,2H3;2-5H,1H3;3H,1,4-5H2,2H3/b9-6-,10-7-,12-11-,31-13+;;;. The van der Waals surface area contributed by atoms with Crippen LogP contribution in [0.3, 0.4) is 0 Å². The third kappa shape index (κ3) is 17.2. The van der Waals surface area contributed by atoms with Gasteiger partial charge in [-0.3, -0.25) is 4.98 Å². The third-order valence-corrected chi connectivity index (χ3v) is 9.62. The molecule has 1 aliphatic carbocycles. The zero-order chi connectivity index (χ0) is 44.2. The van der Waals surface area contributed by atoms with Gasteiger partial charge in [0.25, 0.3) is 0 Å². The van der Waals surface area contributed by atoms with E-state index in [1.807, 2.05) is 93.7 Å². The predicted octanol–water partition coefficient (Wildman–Crippen LogP) is 16.9. The van der Waals surface area contributed by atoms with Crippen LogP contribution in [0.1, 0.15) is 79.1 Å². The molecule has 4 aromatic carbocycles. The molecule has 6 rings (SSSR count). The van der Waals surface area contributed by atoms with Gasteiger partial charge in [0.15, 0.2) is 0 Å². The van der Waals surface area contributed by atoms with Gasteiger partial charge in [0, 0.05) is 29.0 Å². The van der Waals surface area contributed by atoms with Crippen molar-refractivity contribution in [1.29, 1.82) is 0 Å². The lowest BCUT2D eigenvalue weighted by Gasteiger charge is -2.26. The molecule has 0 atom stereocenters. The minimum atomic E-state index is 0.894. The summed E-state index contributed by atoms with van der Waals surface area (Å²) in [6.07, 6.45) is 30.5. The maximum absolute atomic E-state index is 4.39. The number of pyridine rings is 1. The van der Waals surface area contributed by atoms with Crippen molar-refractivity contribution < 1.29 is 0 Å². The fourth-order valence-electron chi connectivity index (χ4n) is 6.17. The highest BCUT2D eigenvalue weighted by atomic mass is 15.1. The van der Waals surface area contributed by atoms with Crippen LogP contribution in [0, 0.1) is 20.8 Å². The Morgan fingerprint density at radius 3 is 1.66 bits per heavy atom. The predicted molar refractivity (Wildman–Crippen MR) is 272 cm³/mol. The Hall–Kier alpha value is -6.77. The first-order valence-electron chi connectivity index (χ1n) is 21.2. The summed E-state index contributed by atoms with van der Waals surface area (Å²) in [5.74, 6) is 0. The molecule has 0 radical (unpaired) electrons. The normalized spacial score (nSPS) is 11.9. The van der Waals surface area contributed by atoms with Crippen LogP contribution in [0.5, 0.6) is 0 Å². The van der Waals surface area contributed by atoms with E-state index in [9.17, 15) is 0 Å². The quantitative estimate of drug-likeness (QED) is 0.0821. The van der Waals surface area contributed by atoms with Gasteiger partial charge in [-0.25, -0.2) is 0 Å². The third-order valence-electron chi connectivity index (χ3n) is 9.62. The second-order valence-corrected chi connectivity index (χ2v) is 14.6. The summed E-state index contributed by atoms with van der Waals surface area (Å²) in [4.78, 5) is 6.17. The van der Waals surface area contributed by atoms with E-state index in [1.54, 1.807) is 6.20 Å². The van der Waals surface area contributed by atoms with Crippen LogP contribution < -0.4 is 4.90 Å². The van der Waals surface area contributed by atoms with Crippen LogP contribution in [0.2, 0.25) is 0 Å². The van der Waals surface area contributed by atoms with E-state index in [-0.39, 0.29) is 0 Å². The molecular formula is C59H66N2. The van der Waals surface area contributed by atoms with Crippen molar-refractivity contribution in [2.75, 3.05) is 4.90 Å². The van der Waals surface area contributed by atoms with Gasteiger partial charge in [0.1, 0.15) is 0 Å². The highest BCUT2D eigenvalue weighted by Gasteiger charge is 2.15. The van der Waals surface area contributed by atoms with E-state index in [2.05, 4.69) is 172 Å². The first kappa shape index (κ1) is 48.6. The first-order chi connectivity index (χ1) is 29.7. The molecule has 0 unspecified atom stereocenters. The minimum Gasteiger partial charge on any atom is -0.311 e. The Morgan fingerprint density at radius 2 is 1.21 bits per heavy atom. The van der Waals surface area contributed by atoms with E-state index in [0.29, 0.717) is 0 Å². The number of benzene rings is 4. The van der Waals surface area contributed by atoms with Gasteiger partial charge in [-0.1, -0.05) is 183 Å². The summed E-state index contributed by atoms with van der Waals surface area (Å²) in [5, 5.41) is 0. The van der Waals surface area contributed by atoms with Crippen LogP contribution in [0.4, 0.5) is 11.4 Å². The zero-order valence-corrected chi connectivity index (χ0v) is 37.5. The molecule has 2 heteroatoms. The second-order valence-electron chi connectivity index (χ2n) is 14.6. The van der Waals surface area contributed by atoms with Gasteiger partial charge in [-0.2, -0.15) is 0 Å². The largest absolute Gasteiger partial charge is 0.311 e. The molecule has 0 aliphatic heterocycles. The molecule has 61 heavy (non-hydrogen) atoms. The van der Waals surface area contributed by atoms with Crippen molar-refractivity contribution >= 4 is 28.1 Å². The van der Waals surface area contributed by atoms with Crippen LogP contribution in [0.25, 0.3) is 16.7 Å². The number of rotatable bonds is 14. The average Bonchev–Trinajstić information content (AvgIpc) is 3.78. The molecule has 1 aromatic heterocycles. The van der Waals surface area contributed by atoms with Crippen molar-refractivity contribution in [2.45, 2.75) is 67.2 Å². The number of hydrogen-bond donors (Lipinski definition) is 0. The monoisotopic (exact) mass is 803 g/mol. The summed E-state index contributed by atoms with van der Waals surface area (Å²) >= 11 is 0. The lowest BCUT2D eigenvalue weighted by atomic mass is 9.98. The summed E-state index contributed by atoms with van der Waals surface area (Å²) in [7, 11) is 0. The van der Waals surface area contributed by atoms with Crippen LogP contribution in [0.15, 0.2) is 226 Å². The van der Waals surface area contributed by atoms with Gasteiger partial charge in [-0.15, -0.1) is 13.2 Å². The van der Waals surface area contributed by atoms with Gasteiger partial charge in [0.05, 0.1) is 0 Å². The zero-order valence-electron chi connectivity index (χ0n) is 37.5. The van der Waals surface area contributed by atoms with Crippen molar-refractivity contribution in [2.24, 2.45) is 0 Å². The lowest BCUT2D eigenvalue weighted by Crippen LogP contribution is -2.14. The molecule has 0 spiro atoms. The number of hydrogen-bond acceptors (Lipinski definition) is 2. The van der Waals surface area contributed by atoms with Crippen molar-refractivity contribution in [3.05, 3.63) is 265 Å². The summed E-state index contributed by atoms with van der Waals surface area (Å²) in [6.45, 7) is 28.0. The summed E-state index contributed by atoms with van der Waals surface area (Å²) in [6, 6.07) is 40.5. The fourth-order valence-corrected chi connectivity index (χ4v) is 6.17. The second kappa shape index (κ2) is 27.8. The van der Waals surface area contributed by atoms with E-state index < -0.39 is 0 Å². The number of allylic oxidation sites excluding steroid dienone is 15. The first-order valence-corrected chi connectivity index (χ1v) is 21.2. The van der Waals surface area contributed by atoms with E-state index in [0.717, 1.165) is 53.2 Å². The number of aryl methyl sites for hydroxylation is 3. The molecule has 1 heterocycles. The Bertz CT molecular complexity index is 2270. The number of aromatic nitrogens is 1. The molecule has 312 valence electrons. The molecule has 1 aliphatic rings. The van der Waals surface area contributed by atoms with Gasteiger partial charge >= 0.3 is 0 Å². The molecule has 0 amide bonds. The van der Waals surface area contributed by atoms with Gasteiger partial charge in [0.2, 0.25) is 0 Å².